The smallest absolute Gasteiger partial charge is 0.224 e. The molecule has 1 N–H and O–H groups in total. The molecule has 1 aliphatic heterocycles. The summed E-state index contributed by atoms with van der Waals surface area (Å²) < 4.78 is 29.8. The summed E-state index contributed by atoms with van der Waals surface area (Å²) in [7, 11) is -3.20. The summed E-state index contributed by atoms with van der Waals surface area (Å²) in [5.41, 5.74) is 0. The highest BCUT2D eigenvalue weighted by atomic mass is 32.2. The summed E-state index contributed by atoms with van der Waals surface area (Å²) >= 11 is 0. The SMILES string of the molecule is CC(C)OCCCNC(=O)[C@@H]1CCCN(S(C)(=O)=O)C1. The van der Waals surface area contributed by atoms with Gasteiger partial charge in [-0.2, -0.15) is 0 Å². The molecule has 1 atom stereocenters. The number of sulfonamides is 1. The molecule has 1 amide bonds. The number of amides is 1. The van der Waals surface area contributed by atoms with Gasteiger partial charge in [0.15, 0.2) is 0 Å². The van der Waals surface area contributed by atoms with Gasteiger partial charge in [0, 0.05) is 26.2 Å². The number of carbonyl (C=O) groups is 1. The maximum Gasteiger partial charge on any atom is 0.224 e. The van der Waals surface area contributed by atoms with E-state index in [0.29, 0.717) is 26.2 Å². The Balaban J connectivity index is 2.29. The van der Waals surface area contributed by atoms with E-state index in [-0.39, 0.29) is 17.9 Å². The van der Waals surface area contributed by atoms with E-state index in [4.69, 9.17) is 4.74 Å². The van der Waals surface area contributed by atoms with E-state index in [9.17, 15) is 13.2 Å². The van der Waals surface area contributed by atoms with E-state index in [1.54, 1.807) is 0 Å². The zero-order chi connectivity index (χ0) is 15.2. The third kappa shape index (κ3) is 6.19. The fourth-order valence-corrected chi connectivity index (χ4v) is 3.12. The molecule has 1 heterocycles. The van der Waals surface area contributed by atoms with Crippen molar-refractivity contribution in [2.75, 3.05) is 32.5 Å². The van der Waals surface area contributed by atoms with Crippen LogP contribution in [0.25, 0.3) is 0 Å². The molecule has 118 valence electrons. The summed E-state index contributed by atoms with van der Waals surface area (Å²) in [6.45, 7) is 5.96. The molecule has 0 aromatic heterocycles. The fourth-order valence-electron chi connectivity index (χ4n) is 2.20. The average Bonchev–Trinajstić information content (AvgIpc) is 2.37. The minimum absolute atomic E-state index is 0.0529. The molecule has 1 aliphatic rings. The van der Waals surface area contributed by atoms with Gasteiger partial charge in [-0.15, -0.1) is 0 Å². The first kappa shape index (κ1) is 17.4. The Kier molecular flexibility index (Phi) is 6.91. The number of ether oxygens (including phenoxy) is 1. The first-order valence-electron chi connectivity index (χ1n) is 7.15. The number of carbonyl (C=O) groups excluding carboxylic acids is 1. The Morgan fingerprint density at radius 3 is 2.75 bits per heavy atom. The molecule has 0 radical (unpaired) electrons. The Hall–Kier alpha value is -0.660. The highest BCUT2D eigenvalue weighted by molar-refractivity contribution is 7.88. The van der Waals surface area contributed by atoms with Gasteiger partial charge in [-0.1, -0.05) is 0 Å². The zero-order valence-corrected chi connectivity index (χ0v) is 13.4. The van der Waals surface area contributed by atoms with Crippen molar-refractivity contribution in [3.63, 3.8) is 0 Å². The van der Waals surface area contributed by atoms with Gasteiger partial charge in [-0.3, -0.25) is 4.79 Å². The molecule has 20 heavy (non-hydrogen) atoms. The van der Waals surface area contributed by atoms with E-state index in [0.717, 1.165) is 19.3 Å². The summed E-state index contributed by atoms with van der Waals surface area (Å²) in [5.74, 6) is -0.285. The van der Waals surface area contributed by atoms with Crippen molar-refractivity contribution in [2.24, 2.45) is 5.92 Å². The first-order valence-corrected chi connectivity index (χ1v) is 9.00. The largest absolute Gasteiger partial charge is 0.379 e. The predicted octanol–water partition coefficient (Wildman–Crippen LogP) is 0.589. The highest BCUT2D eigenvalue weighted by Gasteiger charge is 2.29. The van der Waals surface area contributed by atoms with E-state index in [2.05, 4.69) is 5.32 Å². The van der Waals surface area contributed by atoms with Crippen LogP contribution in [0.1, 0.15) is 33.1 Å². The van der Waals surface area contributed by atoms with Crippen molar-refractivity contribution in [2.45, 2.75) is 39.2 Å². The van der Waals surface area contributed by atoms with E-state index < -0.39 is 10.0 Å². The lowest BCUT2D eigenvalue weighted by molar-refractivity contribution is -0.126. The average molecular weight is 306 g/mol. The van der Waals surface area contributed by atoms with Gasteiger partial charge in [0.25, 0.3) is 0 Å². The number of rotatable bonds is 7. The summed E-state index contributed by atoms with van der Waals surface area (Å²) in [4.78, 5) is 12.0. The quantitative estimate of drug-likeness (QED) is 0.699. The summed E-state index contributed by atoms with van der Waals surface area (Å²) in [6.07, 6.45) is 3.65. The Morgan fingerprint density at radius 1 is 1.45 bits per heavy atom. The van der Waals surface area contributed by atoms with Crippen molar-refractivity contribution in [3.8, 4) is 0 Å². The molecule has 0 aromatic rings. The lowest BCUT2D eigenvalue weighted by Crippen LogP contribution is -2.45. The maximum atomic E-state index is 12.0. The Morgan fingerprint density at radius 2 is 2.15 bits per heavy atom. The number of nitrogens with zero attached hydrogens (tertiary/aromatic N) is 1. The molecule has 6 nitrogen and oxygen atoms in total. The lowest BCUT2D eigenvalue weighted by atomic mass is 9.99. The molecule has 0 saturated carbocycles. The van der Waals surface area contributed by atoms with Gasteiger partial charge < -0.3 is 10.1 Å². The number of hydrogen-bond donors (Lipinski definition) is 1. The van der Waals surface area contributed by atoms with Crippen molar-refractivity contribution < 1.29 is 17.9 Å². The zero-order valence-electron chi connectivity index (χ0n) is 12.6. The van der Waals surface area contributed by atoms with Crippen LogP contribution in [0.2, 0.25) is 0 Å². The molecule has 0 bridgehead atoms. The molecule has 0 aromatic carbocycles. The van der Waals surface area contributed by atoms with Crippen molar-refractivity contribution >= 4 is 15.9 Å². The van der Waals surface area contributed by atoms with Gasteiger partial charge >= 0.3 is 0 Å². The van der Waals surface area contributed by atoms with Gasteiger partial charge in [0.2, 0.25) is 15.9 Å². The van der Waals surface area contributed by atoms with Gasteiger partial charge in [0.05, 0.1) is 18.3 Å². The minimum atomic E-state index is -3.20. The first-order chi connectivity index (χ1) is 9.30. The standard InChI is InChI=1S/C13H26N2O4S/c1-11(2)19-9-5-7-14-13(16)12-6-4-8-15(10-12)20(3,17)18/h11-12H,4-10H2,1-3H3,(H,14,16)/t12-/m1/s1. The normalized spacial score (nSPS) is 21.1. The minimum Gasteiger partial charge on any atom is -0.379 e. The Labute approximate surface area is 121 Å². The second kappa shape index (κ2) is 7.95. The van der Waals surface area contributed by atoms with Crippen LogP contribution in [0.15, 0.2) is 0 Å². The molecule has 1 fully saturated rings. The molecule has 1 rings (SSSR count). The van der Waals surface area contributed by atoms with Crippen LogP contribution >= 0.6 is 0 Å². The van der Waals surface area contributed by atoms with Crippen LogP contribution in [0.3, 0.4) is 0 Å². The maximum absolute atomic E-state index is 12.0. The van der Waals surface area contributed by atoms with Crippen LogP contribution in [-0.4, -0.2) is 57.2 Å². The number of hydrogen-bond acceptors (Lipinski definition) is 4. The fraction of sp³-hybridized carbons (Fsp3) is 0.923. The van der Waals surface area contributed by atoms with Gasteiger partial charge in [-0.05, 0) is 33.1 Å². The third-order valence-electron chi connectivity index (χ3n) is 3.30. The monoisotopic (exact) mass is 306 g/mol. The molecular weight excluding hydrogens is 280 g/mol. The van der Waals surface area contributed by atoms with Crippen LogP contribution < -0.4 is 5.32 Å². The number of piperidine rings is 1. The number of nitrogens with one attached hydrogen (secondary N) is 1. The van der Waals surface area contributed by atoms with Gasteiger partial charge in [-0.25, -0.2) is 12.7 Å². The van der Waals surface area contributed by atoms with Crippen LogP contribution in [-0.2, 0) is 19.6 Å². The van der Waals surface area contributed by atoms with Crippen molar-refractivity contribution in [1.29, 1.82) is 0 Å². The molecule has 1 saturated heterocycles. The van der Waals surface area contributed by atoms with Gasteiger partial charge in [0.1, 0.15) is 0 Å². The second-order valence-corrected chi connectivity index (χ2v) is 7.51. The highest BCUT2D eigenvalue weighted by Crippen LogP contribution is 2.18. The summed E-state index contributed by atoms with van der Waals surface area (Å²) in [6, 6.07) is 0. The predicted molar refractivity (Wildman–Crippen MR) is 77.9 cm³/mol. The van der Waals surface area contributed by atoms with Crippen molar-refractivity contribution in [1.82, 2.24) is 9.62 Å². The van der Waals surface area contributed by atoms with E-state index >= 15 is 0 Å². The van der Waals surface area contributed by atoms with E-state index in [1.807, 2.05) is 13.8 Å². The van der Waals surface area contributed by atoms with Crippen LogP contribution in [0.4, 0.5) is 0 Å². The third-order valence-corrected chi connectivity index (χ3v) is 4.57. The molecule has 7 heteroatoms. The molecule has 0 spiro atoms. The lowest BCUT2D eigenvalue weighted by Gasteiger charge is -2.30. The molecule has 0 aliphatic carbocycles. The Bertz CT molecular complexity index is 409. The van der Waals surface area contributed by atoms with Crippen LogP contribution in [0, 0.1) is 5.92 Å². The second-order valence-electron chi connectivity index (χ2n) is 5.52. The van der Waals surface area contributed by atoms with Crippen LogP contribution in [0.5, 0.6) is 0 Å². The van der Waals surface area contributed by atoms with E-state index in [1.165, 1.54) is 10.6 Å². The molecular formula is C13H26N2O4S. The van der Waals surface area contributed by atoms with Crippen molar-refractivity contribution in [3.05, 3.63) is 0 Å². The topological polar surface area (TPSA) is 75.7 Å². The molecule has 0 unspecified atom stereocenters. The summed E-state index contributed by atoms with van der Waals surface area (Å²) in [5, 5.41) is 2.86.